The number of nitrogens with zero attached hydrogens (tertiary/aromatic N) is 2. The maximum Gasteiger partial charge on any atom is 0.223 e. The molecule has 0 spiro atoms. The number of rotatable bonds is 8. The number of carbonyl (C=O) groups is 1. The zero-order chi connectivity index (χ0) is 26.6. The number of piperidine rings is 1. The number of carbonyl (C=O) groups excluding carboxylic acids is 1. The van der Waals surface area contributed by atoms with Crippen LogP contribution in [0.4, 0.5) is 0 Å². The average molecular weight is 529 g/mol. The summed E-state index contributed by atoms with van der Waals surface area (Å²) in [5.41, 5.74) is 0.957. The molecular formula is C30H48N2O4Si. The Bertz CT molecular complexity index is 1020. The van der Waals surface area contributed by atoms with Gasteiger partial charge >= 0.3 is 0 Å². The number of ether oxygens (including phenoxy) is 1. The minimum Gasteiger partial charge on any atom is -0.497 e. The number of hydrogen-bond donors (Lipinski definition) is 1. The second kappa shape index (κ2) is 9.65. The number of likely N-dealkylation sites (tertiary alicyclic amines) is 2. The van der Waals surface area contributed by atoms with Crippen LogP contribution in [0.15, 0.2) is 18.2 Å². The van der Waals surface area contributed by atoms with Crippen molar-refractivity contribution in [2.45, 2.75) is 101 Å². The quantitative estimate of drug-likeness (QED) is 0.390. The Balaban J connectivity index is 1.39. The van der Waals surface area contributed by atoms with Crippen molar-refractivity contribution >= 4 is 14.2 Å². The Morgan fingerprint density at radius 1 is 1.16 bits per heavy atom. The van der Waals surface area contributed by atoms with E-state index < -0.39 is 19.3 Å². The molecule has 4 aliphatic rings. The second-order valence-electron chi connectivity index (χ2n) is 13.7. The van der Waals surface area contributed by atoms with Crippen LogP contribution in [0.3, 0.4) is 0 Å². The van der Waals surface area contributed by atoms with E-state index in [0.717, 1.165) is 49.6 Å². The van der Waals surface area contributed by atoms with E-state index in [-0.39, 0.29) is 17.0 Å². The fourth-order valence-corrected chi connectivity index (χ4v) is 8.02. The molecule has 2 heterocycles. The molecule has 0 aromatic heterocycles. The maximum absolute atomic E-state index is 13.8. The van der Waals surface area contributed by atoms with Crippen molar-refractivity contribution in [2.24, 2.45) is 5.92 Å². The van der Waals surface area contributed by atoms with Crippen molar-refractivity contribution in [1.82, 2.24) is 9.80 Å². The van der Waals surface area contributed by atoms with Crippen molar-refractivity contribution < 1.29 is 19.1 Å². The lowest BCUT2D eigenvalue weighted by Crippen LogP contribution is -2.71. The first-order valence-electron chi connectivity index (χ1n) is 14.5. The third-order valence-corrected chi connectivity index (χ3v) is 15.0. The van der Waals surface area contributed by atoms with Crippen molar-refractivity contribution in [2.75, 3.05) is 39.9 Å². The molecule has 3 fully saturated rings. The zero-order valence-electron chi connectivity index (χ0n) is 23.9. The van der Waals surface area contributed by atoms with E-state index in [1.54, 1.807) is 7.11 Å². The van der Waals surface area contributed by atoms with Gasteiger partial charge in [-0.1, -0.05) is 26.8 Å². The number of fused-ring (bicyclic) bond motifs is 1. The van der Waals surface area contributed by atoms with Gasteiger partial charge in [0.1, 0.15) is 5.75 Å². The Hall–Kier alpha value is -1.41. The van der Waals surface area contributed by atoms with E-state index in [9.17, 15) is 9.90 Å². The lowest BCUT2D eigenvalue weighted by atomic mass is 9.52. The van der Waals surface area contributed by atoms with E-state index in [1.165, 1.54) is 18.4 Å². The van der Waals surface area contributed by atoms with Crippen LogP contribution in [0.1, 0.15) is 70.4 Å². The SMILES string of the molecule is COc1ccc2c(c1)C13CCN(CC4CC4)C(C2)C1(O)CCN(CCCO[Si](C)(C)C(C)(C)C)C(=O)C3. The van der Waals surface area contributed by atoms with Gasteiger partial charge in [-0.2, -0.15) is 0 Å². The van der Waals surface area contributed by atoms with Gasteiger partial charge in [0.25, 0.3) is 0 Å². The highest BCUT2D eigenvalue weighted by atomic mass is 28.4. The Morgan fingerprint density at radius 3 is 2.59 bits per heavy atom. The average Bonchev–Trinajstić information content (AvgIpc) is 3.66. The third kappa shape index (κ3) is 4.79. The summed E-state index contributed by atoms with van der Waals surface area (Å²) >= 11 is 0. The van der Waals surface area contributed by atoms with E-state index in [1.807, 2.05) is 11.0 Å². The minimum atomic E-state index is -1.80. The van der Waals surface area contributed by atoms with Gasteiger partial charge in [-0.25, -0.2) is 0 Å². The molecule has 1 aromatic carbocycles. The molecule has 7 heteroatoms. The fourth-order valence-electron chi connectivity index (χ4n) is 6.94. The van der Waals surface area contributed by atoms with Crippen LogP contribution in [0.5, 0.6) is 5.75 Å². The molecule has 3 unspecified atom stereocenters. The molecule has 6 nitrogen and oxygen atoms in total. The molecule has 2 bridgehead atoms. The molecule has 1 aromatic rings. The highest BCUT2D eigenvalue weighted by Crippen LogP contribution is 2.57. The topological polar surface area (TPSA) is 62.2 Å². The predicted octanol–water partition coefficient (Wildman–Crippen LogP) is 4.74. The van der Waals surface area contributed by atoms with Crippen molar-refractivity contribution in [3.05, 3.63) is 29.3 Å². The molecule has 37 heavy (non-hydrogen) atoms. The van der Waals surface area contributed by atoms with Crippen LogP contribution >= 0.6 is 0 Å². The molecule has 5 rings (SSSR count). The molecule has 0 radical (unpaired) electrons. The Morgan fingerprint density at radius 2 is 1.92 bits per heavy atom. The van der Waals surface area contributed by atoms with Gasteiger partial charge in [-0.05, 0) is 92.4 Å². The van der Waals surface area contributed by atoms with Gasteiger partial charge in [-0.15, -0.1) is 0 Å². The van der Waals surface area contributed by atoms with Crippen LogP contribution in [-0.4, -0.2) is 80.7 Å². The van der Waals surface area contributed by atoms with Crippen LogP contribution < -0.4 is 4.74 Å². The zero-order valence-corrected chi connectivity index (χ0v) is 24.9. The standard InChI is InChI=1S/C30H48N2O4Si/c1-28(2,3)37(5,6)36-17-7-14-31-16-13-30(34)26-18-23-10-11-24(35-4)19-25(23)29(30,20-27(31)33)12-15-32(26)21-22-8-9-22/h10-11,19,22,26,34H,7-9,12-18,20-21H2,1-6H3. The minimum absolute atomic E-state index is 0.0670. The first-order valence-corrected chi connectivity index (χ1v) is 17.4. The summed E-state index contributed by atoms with van der Waals surface area (Å²) in [5, 5.41) is 12.9. The highest BCUT2D eigenvalue weighted by Gasteiger charge is 2.64. The van der Waals surface area contributed by atoms with Gasteiger partial charge in [-0.3, -0.25) is 9.69 Å². The molecule has 1 N–H and O–H groups in total. The summed E-state index contributed by atoms with van der Waals surface area (Å²) < 4.78 is 12.0. The van der Waals surface area contributed by atoms with E-state index in [2.05, 4.69) is 50.9 Å². The molecule has 206 valence electrons. The van der Waals surface area contributed by atoms with Gasteiger partial charge < -0.3 is 19.2 Å². The van der Waals surface area contributed by atoms with Crippen molar-refractivity contribution in [3.8, 4) is 5.75 Å². The summed E-state index contributed by atoms with van der Waals surface area (Å²) in [6.45, 7) is 15.4. The predicted molar refractivity (Wildman–Crippen MR) is 150 cm³/mol. The van der Waals surface area contributed by atoms with Gasteiger partial charge in [0.05, 0.1) is 12.7 Å². The van der Waals surface area contributed by atoms with Crippen molar-refractivity contribution in [1.29, 1.82) is 0 Å². The van der Waals surface area contributed by atoms with Crippen LogP contribution in [-0.2, 0) is 21.1 Å². The number of amides is 1. The molecular weight excluding hydrogens is 480 g/mol. The molecule has 2 aliphatic carbocycles. The van der Waals surface area contributed by atoms with Gasteiger partial charge in [0.2, 0.25) is 5.91 Å². The summed E-state index contributed by atoms with van der Waals surface area (Å²) in [4.78, 5) is 18.4. The normalized spacial score (nSPS) is 30.5. The highest BCUT2D eigenvalue weighted by molar-refractivity contribution is 6.74. The summed E-state index contributed by atoms with van der Waals surface area (Å²) in [6, 6.07) is 6.39. The summed E-state index contributed by atoms with van der Waals surface area (Å²) in [5.74, 6) is 1.76. The van der Waals surface area contributed by atoms with E-state index in [0.29, 0.717) is 32.5 Å². The largest absolute Gasteiger partial charge is 0.497 e. The number of benzene rings is 1. The monoisotopic (exact) mass is 528 g/mol. The Kier molecular flexibility index (Phi) is 7.08. The lowest BCUT2D eigenvalue weighted by Gasteiger charge is -2.61. The van der Waals surface area contributed by atoms with E-state index >= 15 is 0 Å². The molecule has 1 amide bonds. The van der Waals surface area contributed by atoms with Gasteiger partial charge in [0, 0.05) is 44.1 Å². The van der Waals surface area contributed by atoms with Crippen LogP contribution in [0, 0.1) is 5.92 Å². The summed E-state index contributed by atoms with van der Waals surface area (Å²) in [7, 11) is -0.105. The fraction of sp³-hybridized carbons (Fsp3) is 0.767. The number of methoxy groups -OCH3 is 1. The smallest absolute Gasteiger partial charge is 0.223 e. The first kappa shape index (κ1) is 27.2. The van der Waals surface area contributed by atoms with Crippen LogP contribution in [0.25, 0.3) is 0 Å². The number of hydrogen-bond acceptors (Lipinski definition) is 5. The Labute approximate surface area is 224 Å². The summed E-state index contributed by atoms with van der Waals surface area (Å²) in [6.07, 6.45) is 6.13. The number of aliphatic hydroxyl groups is 1. The maximum atomic E-state index is 13.8. The van der Waals surface area contributed by atoms with E-state index in [4.69, 9.17) is 9.16 Å². The lowest BCUT2D eigenvalue weighted by molar-refractivity contribution is -0.153. The first-order chi connectivity index (χ1) is 17.4. The molecule has 2 saturated heterocycles. The van der Waals surface area contributed by atoms with Crippen LogP contribution in [0.2, 0.25) is 18.1 Å². The molecule has 3 atom stereocenters. The molecule has 2 aliphatic heterocycles. The van der Waals surface area contributed by atoms with Gasteiger partial charge in [0.15, 0.2) is 8.32 Å². The van der Waals surface area contributed by atoms with Crippen molar-refractivity contribution in [3.63, 3.8) is 0 Å². The third-order valence-electron chi connectivity index (χ3n) is 10.5. The molecule has 1 saturated carbocycles. The second-order valence-corrected chi connectivity index (χ2v) is 18.5.